The van der Waals surface area contributed by atoms with Gasteiger partial charge in [0.05, 0.1) is 0 Å². The summed E-state index contributed by atoms with van der Waals surface area (Å²) in [7, 11) is 0. The topological polar surface area (TPSA) is 98.5 Å². The van der Waals surface area contributed by atoms with Gasteiger partial charge in [-0.2, -0.15) is 0 Å². The first-order valence-electron chi connectivity index (χ1n) is 8.05. The molecule has 0 unspecified atom stereocenters. The fourth-order valence-corrected chi connectivity index (χ4v) is 2.16. The average molecular weight is 334 g/mol. The summed E-state index contributed by atoms with van der Waals surface area (Å²) >= 11 is 0. The van der Waals surface area contributed by atoms with Gasteiger partial charge in [0, 0.05) is 12.0 Å². The molecule has 132 valence electrons. The quantitative estimate of drug-likeness (QED) is 0.711. The molecule has 6 nitrogen and oxygen atoms in total. The number of hydrogen-bond donors (Lipinski definition) is 2. The molecule has 0 bridgehead atoms. The number of benzene rings is 1. The number of hydrogen-bond acceptors (Lipinski definition) is 4. The average Bonchev–Trinajstić information content (AvgIpc) is 2.49. The lowest BCUT2D eigenvalue weighted by atomic mass is 10.0. The van der Waals surface area contributed by atoms with Crippen molar-refractivity contribution in [3.05, 3.63) is 35.4 Å². The van der Waals surface area contributed by atoms with Crippen LogP contribution in [-0.2, 0) is 20.9 Å². The normalized spacial score (nSPS) is 12.1. The Morgan fingerprint density at radius 3 is 2.38 bits per heavy atom. The van der Waals surface area contributed by atoms with Crippen LogP contribution < -0.4 is 11.1 Å². The molecule has 0 spiro atoms. The number of ether oxygens (including phenoxy) is 1. The van der Waals surface area contributed by atoms with E-state index in [-0.39, 0.29) is 24.3 Å². The predicted molar refractivity (Wildman–Crippen MR) is 91.0 cm³/mol. The van der Waals surface area contributed by atoms with Gasteiger partial charge in [0.2, 0.25) is 11.8 Å². The lowest BCUT2D eigenvalue weighted by Gasteiger charge is -2.21. The Hall–Kier alpha value is -2.37. The van der Waals surface area contributed by atoms with E-state index in [1.807, 2.05) is 27.7 Å². The molecule has 0 aromatic heterocycles. The van der Waals surface area contributed by atoms with Crippen molar-refractivity contribution in [1.29, 1.82) is 0 Å². The maximum absolute atomic E-state index is 12.3. The minimum Gasteiger partial charge on any atom is -0.459 e. The van der Waals surface area contributed by atoms with Crippen LogP contribution in [0.3, 0.4) is 0 Å². The Balaban J connectivity index is 2.67. The molecule has 1 rings (SSSR count). The molecule has 0 fully saturated rings. The molecule has 6 heteroatoms. The highest BCUT2D eigenvalue weighted by Gasteiger charge is 2.25. The number of rotatable bonds is 8. The van der Waals surface area contributed by atoms with Gasteiger partial charge in [-0.3, -0.25) is 9.59 Å². The first-order valence-corrected chi connectivity index (χ1v) is 8.05. The predicted octanol–water partition coefficient (Wildman–Crippen LogP) is 2.02. The van der Waals surface area contributed by atoms with Crippen molar-refractivity contribution in [3.8, 4) is 0 Å². The maximum Gasteiger partial charge on any atom is 0.329 e. The lowest BCUT2D eigenvalue weighted by Crippen LogP contribution is -2.45. The highest BCUT2D eigenvalue weighted by molar-refractivity contribution is 5.92. The summed E-state index contributed by atoms with van der Waals surface area (Å²) in [4.78, 5) is 35.3. The van der Waals surface area contributed by atoms with Gasteiger partial charge in [0.15, 0.2) is 0 Å². The van der Waals surface area contributed by atoms with Crippen LogP contribution in [0.2, 0.25) is 0 Å². The fraction of sp³-hybridized carbons (Fsp3) is 0.500. The molecule has 0 saturated carbocycles. The fourth-order valence-electron chi connectivity index (χ4n) is 2.16. The standard InChI is InChI=1S/C18H26N2O4/c1-11(2)8-15(21)20-16(12(3)4)18(23)24-10-13-6-5-7-14(9-13)17(19)22/h5-7,9,11-12,16H,8,10H2,1-4H3,(H2,19,22)(H,20,21)/t16-/m1/s1. The second kappa shape index (κ2) is 9.05. The molecule has 3 N–H and O–H groups in total. The molecular formula is C18H26N2O4. The molecule has 2 amide bonds. The Kier molecular flexibility index (Phi) is 7.42. The first kappa shape index (κ1) is 19.7. The Bertz CT molecular complexity index is 596. The third-order valence-corrected chi connectivity index (χ3v) is 3.42. The Labute approximate surface area is 142 Å². The number of esters is 1. The third-order valence-electron chi connectivity index (χ3n) is 3.42. The molecule has 0 aliphatic heterocycles. The zero-order valence-electron chi connectivity index (χ0n) is 14.7. The van der Waals surface area contributed by atoms with Crippen LogP contribution in [0.1, 0.15) is 50.0 Å². The van der Waals surface area contributed by atoms with Crippen molar-refractivity contribution in [2.45, 2.75) is 46.8 Å². The van der Waals surface area contributed by atoms with Gasteiger partial charge in [-0.25, -0.2) is 4.79 Å². The number of carbonyl (C=O) groups is 3. The minimum atomic E-state index is -0.699. The zero-order chi connectivity index (χ0) is 18.3. The third kappa shape index (κ3) is 6.40. The smallest absolute Gasteiger partial charge is 0.329 e. The molecule has 0 aliphatic rings. The summed E-state index contributed by atoms with van der Waals surface area (Å²) in [5.74, 6) is -1.08. The van der Waals surface area contributed by atoms with Crippen LogP contribution in [-0.4, -0.2) is 23.8 Å². The van der Waals surface area contributed by atoms with Crippen molar-refractivity contribution < 1.29 is 19.1 Å². The van der Waals surface area contributed by atoms with E-state index in [0.717, 1.165) is 0 Å². The highest BCUT2D eigenvalue weighted by Crippen LogP contribution is 2.10. The van der Waals surface area contributed by atoms with Crippen LogP contribution in [0.4, 0.5) is 0 Å². The number of amides is 2. The molecular weight excluding hydrogens is 308 g/mol. The van der Waals surface area contributed by atoms with E-state index >= 15 is 0 Å². The second-order valence-corrected chi connectivity index (χ2v) is 6.56. The highest BCUT2D eigenvalue weighted by atomic mass is 16.5. The van der Waals surface area contributed by atoms with Gasteiger partial charge in [0.1, 0.15) is 12.6 Å². The lowest BCUT2D eigenvalue weighted by molar-refractivity contribution is -0.150. The van der Waals surface area contributed by atoms with Crippen molar-refractivity contribution >= 4 is 17.8 Å². The van der Waals surface area contributed by atoms with E-state index < -0.39 is 17.9 Å². The van der Waals surface area contributed by atoms with E-state index in [1.165, 1.54) is 0 Å². The molecule has 1 aromatic rings. The largest absolute Gasteiger partial charge is 0.459 e. The van der Waals surface area contributed by atoms with Gasteiger partial charge in [-0.15, -0.1) is 0 Å². The van der Waals surface area contributed by atoms with E-state index in [9.17, 15) is 14.4 Å². The number of nitrogens with one attached hydrogen (secondary N) is 1. The minimum absolute atomic E-state index is 0.0171. The molecule has 0 radical (unpaired) electrons. The molecule has 0 heterocycles. The maximum atomic E-state index is 12.3. The van der Waals surface area contributed by atoms with E-state index in [4.69, 9.17) is 10.5 Å². The van der Waals surface area contributed by atoms with Gasteiger partial charge < -0.3 is 15.8 Å². The van der Waals surface area contributed by atoms with Gasteiger partial charge in [-0.05, 0) is 29.5 Å². The van der Waals surface area contributed by atoms with Crippen LogP contribution >= 0.6 is 0 Å². The molecule has 0 aliphatic carbocycles. The Morgan fingerprint density at radius 2 is 1.83 bits per heavy atom. The molecule has 1 aromatic carbocycles. The monoisotopic (exact) mass is 334 g/mol. The summed E-state index contributed by atoms with van der Waals surface area (Å²) in [5, 5.41) is 2.73. The second-order valence-electron chi connectivity index (χ2n) is 6.56. The van der Waals surface area contributed by atoms with Crippen LogP contribution in [0, 0.1) is 11.8 Å². The number of primary amides is 1. The molecule has 0 saturated heterocycles. The van der Waals surface area contributed by atoms with E-state index in [1.54, 1.807) is 24.3 Å². The van der Waals surface area contributed by atoms with Crippen LogP contribution in [0.15, 0.2) is 24.3 Å². The first-order chi connectivity index (χ1) is 11.2. The summed E-state index contributed by atoms with van der Waals surface area (Å²) in [5.41, 5.74) is 6.25. The van der Waals surface area contributed by atoms with E-state index in [2.05, 4.69) is 5.32 Å². The van der Waals surface area contributed by atoms with Crippen LogP contribution in [0.25, 0.3) is 0 Å². The number of nitrogens with two attached hydrogens (primary N) is 1. The SMILES string of the molecule is CC(C)CC(=O)N[C@@H](C(=O)OCc1cccc(C(N)=O)c1)C(C)C. The van der Waals surface area contributed by atoms with Gasteiger partial charge in [-0.1, -0.05) is 39.8 Å². The van der Waals surface area contributed by atoms with Crippen LogP contribution in [0.5, 0.6) is 0 Å². The van der Waals surface area contributed by atoms with Crippen molar-refractivity contribution in [1.82, 2.24) is 5.32 Å². The van der Waals surface area contributed by atoms with Crippen molar-refractivity contribution in [2.75, 3.05) is 0 Å². The molecule has 1 atom stereocenters. The van der Waals surface area contributed by atoms with E-state index in [0.29, 0.717) is 17.5 Å². The van der Waals surface area contributed by atoms with Gasteiger partial charge >= 0.3 is 5.97 Å². The van der Waals surface area contributed by atoms with Crippen molar-refractivity contribution in [3.63, 3.8) is 0 Å². The Morgan fingerprint density at radius 1 is 1.17 bits per heavy atom. The summed E-state index contributed by atoms with van der Waals surface area (Å²) in [6.45, 7) is 7.58. The van der Waals surface area contributed by atoms with Crippen molar-refractivity contribution in [2.24, 2.45) is 17.6 Å². The van der Waals surface area contributed by atoms with Gasteiger partial charge in [0.25, 0.3) is 0 Å². The summed E-state index contributed by atoms with van der Waals surface area (Å²) in [6, 6.07) is 5.89. The summed E-state index contributed by atoms with van der Waals surface area (Å²) < 4.78 is 5.29. The summed E-state index contributed by atoms with van der Waals surface area (Å²) in [6.07, 6.45) is 0.358. The number of carbonyl (C=O) groups excluding carboxylic acids is 3. The zero-order valence-corrected chi connectivity index (χ0v) is 14.7. The molecule has 24 heavy (non-hydrogen) atoms.